The summed E-state index contributed by atoms with van der Waals surface area (Å²) in [6, 6.07) is 5.69. The first-order valence-corrected chi connectivity index (χ1v) is 7.27. The fraction of sp³-hybridized carbons (Fsp3) is 0.400. The van der Waals surface area contributed by atoms with Gasteiger partial charge in [-0.15, -0.1) is 0 Å². The van der Waals surface area contributed by atoms with Crippen molar-refractivity contribution in [3.05, 3.63) is 29.8 Å². The van der Waals surface area contributed by atoms with Gasteiger partial charge in [0, 0.05) is 5.69 Å². The lowest BCUT2D eigenvalue weighted by atomic mass is 10.1. The van der Waals surface area contributed by atoms with Crippen LogP contribution >= 0.6 is 12.2 Å². The van der Waals surface area contributed by atoms with Crippen LogP contribution in [0.25, 0.3) is 0 Å². The van der Waals surface area contributed by atoms with Crippen LogP contribution in [0.5, 0.6) is 0 Å². The van der Waals surface area contributed by atoms with Gasteiger partial charge in [-0.25, -0.2) is 9.59 Å². The monoisotopic (exact) mass is 339 g/mol. The third kappa shape index (κ3) is 6.52. The highest BCUT2D eigenvalue weighted by Gasteiger charge is 2.26. The van der Waals surface area contributed by atoms with E-state index in [-0.39, 0.29) is 5.11 Å². The van der Waals surface area contributed by atoms with Crippen LogP contribution in [0.15, 0.2) is 24.3 Å². The molecule has 0 saturated carbocycles. The molecular weight excluding hydrogens is 318 g/mol. The molecule has 1 atom stereocenters. The molecule has 0 heterocycles. The van der Waals surface area contributed by atoms with E-state index in [9.17, 15) is 9.59 Å². The van der Waals surface area contributed by atoms with E-state index < -0.39 is 23.7 Å². The summed E-state index contributed by atoms with van der Waals surface area (Å²) in [5.74, 6) is -0.606. The van der Waals surface area contributed by atoms with E-state index in [0.717, 1.165) is 0 Å². The van der Waals surface area contributed by atoms with Crippen molar-refractivity contribution in [2.75, 3.05) is 12.4 Å². The second kappa shape index (κ2) is 7.77. The molecule has 0 spiro atoms. The average molecular weight is 339 g/mol. The fourth-order valence-corrected chi connectivity index (χ4v) is 1.84. The van der Waals surface area contributed by atoms with Gasteiger partial charge >= 0.3 is 12.1 Å². The summed E-state index contributed by atoms with van der Waals surface area (Å²) < 4.78 is 9.88. The van der Waals surface area contributed by atoms with E-state index in [1.165, 1.54) is 7.11 Å². The van der Waals surface area contributed by atoms with Gasteiger partial charge in [0.1, 0.15) is 5.60 Å². The SMILES string of the molecule is COC(=O)C(NC(=O)OC(C)(C)C)c1ccc(NC(N)=S)cc1. The Bertz CT molecular complexity index is 581. The van der Waals surface area contributed by atoms with Gasteiger partial charge in [0.05, 0.1) is 7.11 Å². The standard InChI is InChI=1S/C15H21N3O4S/c1-15(2,3)22-14(20)18-11(12(19)21-4)9-5-7-10(8-6-9)17-13(16)23/h5-8,11H,1-4H3,(H,18,20)(H3,16,17,23). The lowest BCUT2D eigenvalue weighted by Gasteiger charge is -2.23. The van der Waals surface area contributed by atoms with E-state index in [4.69, 9.17) is 27.4 Å². The molecule has 126 valence electrons. The van der Waals surface area contributed by atoms with E-state index >= 15 is 0 Å². The lowest BCUT2D eigenvalue weighted by molar-refractivity contribution is -0.143. The Morgan fingerprint density at radius 1 is 1.22 bits per heavy atom. The number of nitrogens with two attached hydrogens (primary N) is 1. The fourth-order valence-electron chi connectivity index (χ4n) is 1.72. The van der Waals surface area contributed by atoms with Gasteiger partial charge in [-0.2, -0.15) is 0 Å². The van der Waals surface area contributed by atoms with Crippen LogP contribution in [-0.2, 0) is 14.3 Å². The first kappa shape index (κ1) is 18.7. The van der Waals surface area contributed by atoms with E-state index in [0.29, 0.717) is 11.3 Å². The number of carbonyl (C=O) groups excluding carboxylic acids is 2. The van der Waals surface area contributed by atoms with Crippen LogP contribution in [0.4, 0.5) is 10.5 Å². The smallest absolute Gasteiger partial charge is 0.408 e. The molecule has 1 aromatic carbocycles. The molecular formula is C15H21N3O4S. The molecule has 1 unspecified atom stereocenters. The molecule has 7 nitrogen and oxygen atoms in total. The predicted octanol–water partition coefficient (Wildman–Crippen LogP) is 2.08. The maximum Gasteiger partial charge on any atom is 0.408 e. The number of methoxy groups -OCH3 is 1. The first-order valence-electron chi connectivity index (χ1n) is 6.86. The highest BCUT2D eigenvalue weighted by Crippen LogP contribution is 2.19. The van der Waals surface area contributed by atoms with E-state index in [1.54, 1.807) is 45.0 Å². The van der Waals surface area contributed by atoms with E-state index in [1.807, 2.05) is 0 Å². The first-order chi connectivity index (χ1) is 10.6. The molecule has 1 rings (SSSR count). The summed E-state index contributed by atoms with van der Waals surface area (Å²) in [5, 5.41) is 5.39. The summed E-state index contributed by atoms with van der Waals surface area (Å²) in [6.45, 7) is 5.20. The summed E-state index contributed by atoms with van der Waals surface area (Å²) in [4.78, 5) is 23.8. The molecule has 1 aromatic rings. The minimum atomic E-state index is -0.978. The third-order valence-corrected chi connectivity index (χ3v) is 2.71. The Hall–Kier alpha value is -2.35. The van der Waals surface area contributed by atoms with Crippen molar-refractivity contribution in [1.29, 1.82) is 0 Å². The molecule has 0 fully saturated rings. The Labute approximate surface area is 140 Å². The maximum absolute atomic E-state index is 11.9. The average Bonchev–Trinajstić information content (AvgIpc) is 2.42. The number of ether oxygens (including phenoxy) is 2. The van der Waals surface area contributed by atoms with E-state index in [2.05, 4.69) is 10.6 Å². The Morgan fingerprint density at radius 2 is 1.78 bits per heavy atom. The number of esters is 1. The number of amides is 1. The van der Waals surface area contributed by atoms with Crippen molar-refractivity contribution >= 4 is 35.1 Å². The minimum absolute atomic E-state index is 0.133. The Kier molecular flexibility index (Phi) is 6.32. The largest absolute Gasteiger partial charge is 0.467 e. The van der Waals surface area contributed by atoms with Crippen molar-refractivity contribution in [2.24, 2.45) is 5.73 Å². The van der Waals surface area contributed by atoms with Gasteiger partial charge in [0.15, 0.2) is 11.2 Å². The third-order valence-electron chi connectivity index (χ3n) is 2.61. The molecule has 0 aliphatic carbocycles. The second-order valence-corrected chi connectivity index (χ2v) is 6.15. The summed E-state index contributed by atoms with van der Waals surface area (Å²) in [7, 11) is 1.24. The summed E-state index contributed by atoms with van der Waals surface area (Å²) in [6.07, 6.45) is -0.710. The number of alkyl carbamates (subject to hydrolysis) is 1. The summed E-state index contributed by atoms with van der Waals surface area (Å²) >= 11 is 4.75. The van der Waals surface area contributed by atoms with Gasteiger partial charge in [0.25, 0.3) is 0 Å². The van der Waals surface area contributed by atoms with Crippen LogP contribution in [0.3, 0.4) is 0 Å². The van der Waals surface area contributed by atoms with Crippen LogP contribution in [0.2, 0.25) is 0 Å². The highest BCUT2D eigenvalue weighted by molar-refractivity contribution is 7.80. The molecule has 0 aliphatic rings. The van der Waals surface area contributed by atoms with Gasteiger partial charge in [0.2, 0.25) is 0 Å². The normalized spacial score (nSPS) is 12.0. The summed E-state index contributed by atoms with van der Waals surface area (Å²) in [5.41, 5.74) is 5.92. The van der Waals surface area contributed by atoms with Gasteiger partial charge in [-0.3, -0.25) is 0 Å². The number of benzene rings is 1. The van der Waals surface area contributed by atoms with Gasteiger partial charge in [-0.05, 0) is 50.7 Å². The minimum Gasteiger partial charge on any atom is -0.467 e. The highest BCUT2D eigenvalue weighted by atomic mass is 32.1. The Morgan fingerprint density at radius 3 is 2.22 bits per heavy atom. The van der Waals surface area contributed by atoms with Gasteiger partial charge in [-0.1, -0.05) is 12.1 Å². The van der Waals surface area contributed by atoms with Crippen LogP contribution in [0, 0.1) is 0 Å². The number of nitrogens with one attached hydrogen (secondary N) is 2. The zero-order valence-electron chi connectivity index (χ0n) is 13.5. The number of hydrogen-bond acceptors (Lipinski definition) is 5. The van der Waals surface area contributed by atoms with Crippen molar-refractivity contribution in [3.63, 3.8) is 0 Å². The quantitative estimate of drug-likeness (QED) is 0.570. The zero-order valence-corrected chi connectivity index (χ0v) is 14.3. The number of rotatable bonds is 4. The molecule has 1 amide bonds. The molecule has 4 N–H and O–H groups in total. The van der Waals surface area contributed by atoms with Crippen molar-refractivity contribution < 1.29 is 19.1 Å². The number of hydrogen-bond donors (Lipinski definition) is 3. The number of carbonyl (C=O) groups is 2. The van der Waals surface area contributed by atoms with Crippen molar-refractivity contribution in [1.82, 2.24) is 5.32 Å². The topological polar surface area (TPSA) is 103 Å². The molecule has 23 heavy (non-hydrogen) atoms. The molecule has 0 aliphatic heterocycles. The molecule has 0 bridgehead atoms. The van der Waals surface area contributed by atoms with Crippen LogP contribution in [0.1, 0.15) is 32.4 Å². The molecule has 8 heteroatoms. The molecule has 0 radical (unpaired) electrons. The van der Waals surface area contributed by atoms with Crippen molar-refractivity contribution in [3.8, 4) is 0 Å². The number of thiocarbonyl (C=S) groups is 1. The van der Waals surface area contributed by atoms with Crippen LogP contribution in [-0.4, -0.2) is 29.9 Å². The molecule has 0 saturated heterocycles. The lowest BCUT2D eigenvalue weighted by Crippen LogP contribution is -2.38. The van der Waals surface area contributed by atoms with Gasteiger partial charge < -0.3 is 25.8 Å². The second-order valence-electron chi connectivity index (χ2n) is 5.71. The maximum atomic E-state index is 11.9. The molecule has 0 aromatic heterocycles. The predicted molar refractivity (Wildman–Crippen MR) is 91.0 cm³/mol. The Balaban J connectivity index is 2.92. The number of anilines is 1. The zero-order chi connectivity index (χ0) is 17.6. The van der Waals surface area contributed by atoms with Crippen molar-refractivity contribution in [2.45, 2.75) is 32.4 Å². The van der Waals surface area contributed by atoms with Crippen LogP contribution < -0.4 is 16.4 Å².